The minimum Gasteiger partial charge on any atom is -0.381 e. The third-order valence-electron chi connectivity index (χ3n) is 4.62. The quantitative estimate of drug-likeness (QED) is 0.774. The molecule has 7 nitrogen and oxygen atoms in total. The van der Waals surface area contributed by atoms with E-state index in [0.29, 0.717) is 32.6 Å². The monoisotopic (exact) mass is 369 g/mol. The molecular formula is C17H27N3O4S. The van der Waals surface area contributed by atoms with Gasteiger partial charge in [-0.15, -0.1) is 0 Å². The number of sulfonamides is 1. The largest absolute Gasteiger partial charge is 0.381 e. The molecule has 0 atom stereocenters. The topological polar surface area (TPSA) is 102 Å². The predicted molar refractivity (Wildman–Crippen MR) is 95.3 cm³/mol. The maximum absolute atomic E-state index is 12.4. The van der Waals surface area contributed by atoms with Crippen molar-refractivity contribution in [2.24, 2.45) is 5.73 Å². The van der Waals surface area contributed by atoms with Crippen LogP contribution in [0.15, 0.2) is 29.2 Å². The molecule has 0 aromatic heterocycles. The highest BCUT2D eigenvalue weighted by Gasteiger charge is 2.35. The second-order valence-corrected chi connectivity index (χ2v) is 8.71. The summed E-state index contributed by atoms with van der Waals surface area (Å²) in [4.78, 5) is 12.5. The van der Waals surface area contributed by atoms with Crippen molar-refractivity contribution >= 4 is 15.9 Å². The van der Waals surface area contributed by atoms with E-state index in [-0.39, 0.29) is 16.8 Å². The molecule has 1 aliphatic heterocycles. The van der Waals surface area contributed by atoms with Crippen LogP contribution in [0.1, 0.15) is 32.3 Å². The lowest BCUT2D eigenvalue weighted by Crippen LogP contribution is -2.56. The van der Waals surface area contributed by atoms with Gasteiger partial charge in [-0.1, -0.05) is 12.1 Å². The molecule has 140 valence electrons. The SMILES string of the molecule is CC(C)N(C)S(=O)(=O)c1ccc(CNC(=O)C2(N)CCOCC2)cc1. The zero-order valence-electron chi connectivity index (χ0n) is 15.0. The summed E-state index contributed by atoms with van der Waals surface area (Å²) >= 11 is 0. The average molecular weight is 369 g/mol. The van der Waals surface area contributed by atoms with Crippen molar-refractivity contribution in [2.75, 3.05) is 20.3 Å². The Morgan fingerprint density at radius 1 is 1.28 bits per heavy atom. The average Bonchev–Trinajstić information content (AvgIpc) is 2.59. The third-order valence-corrected chi connectivity index (χ3v) is 6.67. The van der Waals surface area contributed by atoms with E-state index in [1.165, 1.54) is 4.31 Å². The molecule has 1 aromatic carbocycles. The van der Waals surface area contributed by atoms with Gasteiger partial charge in [0.25, 0.3) is 0 Å². The number of amides is 1. The Labute approximate surface area is 149 Å². The van der Waals surface area contributed by atoms with Crippen LogP contribution in [0.4, 0.5) is 0 Å². The highest BCUT2D eigenvalue weighted by atomic mass is 32.2. The first-order valence-corrected chi connectivity index (χ1v) is 9.83. The Balaban J connectivity index is 2.00. The van der Waals surface area contributed by atoms with Gasteiger partial charge in [-0.3, -0.25) is 4.79 Å². The van der Waals surface area contributed by atoms with Crippen LogP contribution < -0.4 is 11.1 Å². The molecule has 1 saturated heterocycles. The van der Waals surface area contributed by atoms with Gasteiger partial charge in [-0.25, -0.2) is 8.42 Å². The number of nitrogens with zero attached hydrogens (tertiary/aromatic N) is 1. The van der Waals surface area contributed by atoms with Crippen molar-refractivity contribution in [1.82, 2.24) is 9.62 Å². The van der Waals surface area contributed by atoms with Gasteiger partial charge in [0.1, 0.15) is 0 Å². The summed E-state index contributed by atoms with van der Waals surface area (Å²) in [5, 5.41) is 2.83. The molecule has 0 bridgehead atoms. The van der Waals surface area contributed by atoms with Crippen LogP contribution in [0, 0.1) is 0 Å². The number of benzene rings is 1. The van der Waals surface area contributed by atoms with Crippen LogP contribution in [0.3, 0.4) is 0 Å². The lowest BCUT2D eigenvalue weighted by atomic mass is 9.90. The lowest BCUT2D eigenvalue weighted by molar-refractivity contribution is -0.129. The molecular weight excluding hydrogens is 342 g/mol. The van der Waals surface area contributed by atoms with E-state index in [1.807, 2.05) is 13.8 Å². The molecule has 1 heterocycles. The van der Waals surface area contributed by atoms with E-state index in [0.717, 1.165) is 5.56 Å². The Morgan fingerprint density at radius 2 is 1.84 bits per heavy atom. The molecule has 3 N–H and O–H groups in total. The van der Waals surface area contributed by atoms with Crippen LogP contribution in [-0.2, 0) is 26.1 Å². The molecule has 0 spiro atoms. The Hall–Kier alpha value is -1.48. The standard InChI is InChI=1S/C17H27N3O4S/c1-13(2)20(3)25(22,23)15-6-4-14(5-7-15)12-19-16(21)17(18)8-10-24-11-9-17/h4-7,13H,8-12,18H2,1-3H3,(H,19,21). The second kappa shape index (κ2) is 7.82. The summed E-state index contributed by atoms with van der Waals surface area (Å²) in [6, 6.07) is 6.40. The van der Waals surface area contributed by atoms with Crippen LogP contribution in [0.2, 0.25) is 0 Å². The highest BCUT2D eigenvalue weighted by Crippen LogP contribution is 2.19. The Bertz CT molecular complexity index is 695. The van der Waals surface area contributed by atoms with Crippen molar-refractivity contribution in [3.63, 3.8) is 0 Å². The number of carbonyl (C=O) groups excluding carboxylic acids is 1. The van der Waals surface area contributed by atoms with Crippen LogP contribution in [0.5, 0.6) is 0 Å². The third kappa shape index (κ3) is 4.58. The number of nitrogens with two attached hydrogens (primary N) is 1. The van der Waals surface area contributed by atoms with Crippen LogP contribution in [-0.4, -0.2) is 50.5 Å². The molecule has 0 radical (unpaired) electrons. The predicted octanol–water partition coefficient (Wildman–Crippen LogP) is 0.840. The van der Waals surface area contributed by atoms with Crippen LogP contribution in [0.25, 0.3) is 0 Å². The smallest absolute Gasteiger partial charge is 0.243 e. The zero-order chi connectivity index (χ0) is 18.7. The second-order valence-electron chi connectivity index (χ2n) is 6.71. The van der Waals surface area contributed by atoms with Gasteiger partial charge in [0.05, 0.1) is 10.4 Å². The van der Waals surface area contributed by atoms with Crippen molar-refractivity contribution < 1.29 is 17.9 Å². The summed E-state index contributed by atoms with van der Waals surface area (Å²) in [5.74, 6) is -0.202. The summed E-state index contributed by atoms with van der Waals surface area (Å²) in [6.07, 6.45) is 0.995. The van der Waals surface area contributed by atoms with Gasteiger partial charge in [0, 0.05) is 32.8 Å². The summed E-state index contributed by atoms with van der Waals surface area (Å²) in [7, 11) is -1.94. The molecule has 1 aromatic rings. The number of nitrogens with one attached hydrogen (secondary N) is 1. The number of ether oxygens (including phenoxy) is 1. The Morgan fingerprint density at radius 3 is 2.36 bits per heavy atom. The fourth-order valence-corrected chi connectivity index (χ4v) is 3.91. The maximum atomic E-state index is 12.4. The summed E-state index contributed by atoms with van der Waals surface area (Å²) < 4.78 is 31.4. The molecule has 1 fully saturated rings. The first kappa shape index (κ1) is 19.8. The highest BCUT2D eigenvalue weighted by molar-refractivity contribution is 7.89. The Kier molecular flexibility index (Phi) is 6.21. The van der Waals surface area contributed by atoms with E-state index < -0.39 is 15.6 Å². The minimum atomic E-state index is -3.50. The van der Waals surface area contributed by atoms with E-state index in [2.05, 4.69) is 5.32 Å². The van der Waals surface area contributed by atoms with Gasteiger partial charge in [-0.2, -0.15) is 4.31 Å². The molecule has 2 rings (SSSR count). The van der Waals surface area contributed by atoms with Crippen molar-refractivity contribution in [3.8, 4) is 0 Å². The number of hydrogen-bond acceptors (Lipinski definition) is 5. The minimum absolute atomic E-state index is 0.121. The van der Waals surface area contributed by atoms with E-state index in [1.54, 1.807) is 31.3 Å². The van der Waals surface area contributed by atoms with Crippen molar-refractivity contribution in [2.45, 2.75) is 49.7 Å². The van der Waals surface area contributed by atoms with Gasteiger partial charge >= 0.3 is 0 Å². The molecule has 0 aliphatic carbocycles. The fraction of sp³-hybridized carbons (Fsp3) is 0.588. The lowest BCUT2D eigenvalue weighted by Gasteiger charge is -2.31. The molecule has 1 aliphatic rings. The van der Waals surface area contributed by atoms with Gasteiger partial charge in [-0.05, 0) is 44.4 Å². The number of carbonyl (C=O) groups is 1. The van der Waals surface area contributed by atoms with Gasteiger partial charge in [0.15, 0.2) is 0 Å². The zero-order valence-corrected chi connectivity index (χ0v) is 15.8. The van der Waals surface area contributed by atoms with Crippen molar-refractivity contribution in [3.05, 3.63) is 29.8 Å². The van der Waals surface area contributed by atoms with Gasteiger partial charge in [0.2, 0.25) is 15.9 Å². The summed E-state index contributed by atoms with van der Waals surface area (Å²) in [5.41, 5.74) is 6.06. The van der Waals surface area contributed by atoms with Gasteiger partial charge < -0.3 is 15.8 Å². The summed E-state index contributed by atoms with van der Waals surface area (Å²) in [6.45, 7) is 4.92. The fourth-order valence-electron chi connectivity index (χ4n) is 2.54. The molecule has 0 unspecified atom stereocenters. The molecule has 0 saturated carbocycles. The maximum Gasteiger partial charge on any atom is 0.243 e. The normalized spacial score (nSPS) is 17.7. The van der Waals surface area contributed by atoms with Crippen LogP contribution >= 0.6 is 0 Å². The molecule has 1 amide bonds. The number of hydrogen-bond donors (Lipinski definition) is 2. The van der Waals surface area contributed by atoms with E-state index in [4.69, 9.17) is 10.5 Å². The van der Waals surface area contributed by atoms with Crippen molar-refractivity contribution in [1.29, 1.82) is 0 Å². The van der Waals surface area contributed by atoms with E-state index in [9.17, 15) is 13.2 Å². The first-order valence-electron chi connectivity index (χ1n) is 8.39. The number of rotatable bonds is 6. The van der Waals surface area contributed by atoms with E-state index >= 15 is 0 Å². The molecule has 8 heteroatoms. The molecule has 25 heavy (non-hydrogen) atoms. The first-order chi connectivity index (χ1) is 11.7.